The molecule has 0 atom stereocenters. The Morgan fingerprint density at radius 3 is 2.57 bits per heavy atom. The summed E-state index contributed by atoms with van der Waals surface area (Å²) >= 11 is 12.4. The van der Waals surface area contributed by atoms with Gasteiger partial charge in [-0.1, -0.05) is 67.4 Å². The van der Waals surface area contributed by atoms with Crippen molar-refractivity contribution >= 4 is 35.1 Å². The van der Waals surface area contributed by atoms with Crippen molar-refractivity contribution in [1.29, 1.82) is 0 Å². The number of Topliss-reactive ketones (excluding diaryl/α,β-unsaturated/α-hetero) is 1. The first-order valence-corrected chi connectivity index (χ1v) is 12.6. The fourth-order valence-electron chi connectivity index (χ4n) is 4.55. The maximum absolute atomic E-state index is 13.3. The molecule has 4 nitrogen and oxygen atoms in total. The number of nitrogens with zero attached hydrogens (tertiary/aromatic N) is 1. The van der Waals surface area contributed by atoms with Gasteiger partial charge in [0.05, 0.1) is 11.1 Å². The van der Waals surface area contributed by atoms with Crippen LogP contribution in [0.15, 0.2) is 54.3 Å². The molecule has 5 rings (SSSR count). The zero-order valence-electron chi connectivity index (χ0n) is 20.0. The Bertz CT molecular complexity index is 1330. The predicted octanol–water partition coefficient (Wildman–Crippen LogP) is 7.44. The minimum absolute atomic E-state index is 0.0849. The fourth-order valence-corrected chi connectivity index (χ4v) is 5.05. The zero-order chi connectivity index (χ0) is 24.7. The molecule has 2 aliphatic rings. The summed E-state index contributed by atoms with van der Waals surface area (Å²) in [5.74, 6) is 2.11. The topological polar surface area (TPSA) is 38.8 Å². The van der Waals surface area contributed by atoms with E-state index < -0.39 is 0 Å². The number of hydrogen-bond acceptors (Lipinski definition) is 4. The van der Waals surface area contributed by atoms with Gasteiger partial charge in [-0.3, -0.25) is 9.69 Å². The molecule has 0 N–H and O–H groups in total. The molecule has 3 aromatic rings. The molecule has 0 saturated carbocycles. The monoisotopic (exact) mass is 507 g/mol. The van der Waals surface area contributed by atoms with Gasteiger partial charge < -0.3 is 9.47 Å². The highest BCUT2D eigenvalue weighted by atomic mass is 35.5. The van der Waals surface area contributed by atoms with Crippen molar-refractivity contribution in [2.24, 2.45) is 0 Å². The number of benzene rings is 3. The van der Waals surface area contributed by atoms with Crippen molar-refractivity contribution in [3.05, 3.63) is 97.7 Å². The molecular formula is C29H27Cl2NO3. The first kappa shape index (κ1) is 23.9. The molecule has 0 fully saturated rings. The molecule has 0 radical (unpaired) electrons. The lowest BCUT2D eigenvalue weighted by Crippen LogP contribution is -2.34. The van der Waals surface area contributed by atoms with E-state index >= 15 is 0 Å². The van der Waals surface area contributed by atoms with Crippen LogP contribution >= 0.6 is 23.2 Å². The Hall–Kier alpha value is -2.79. The first-order valence-electron chi connectivity index (χ1n) is 11.8. The van der Waals surface area contributed by atoms with Gasteiger partial charge in [-0.2, -0.15) is 0 Å². The number of carbonyl (C=O) groups excluding carboxylic acids is 1. The Morgan fingerprint density at radius 2 is 1.86 bits per heavy atom. The van der Waals surface area contributed by atoms with E-state index in [4.69, 9.17) is 32.7 Å². The number of carbonyl (C=O) groups is 1. The molecule has 0 aliphatic carbocycles. The van der Waals surface area contributed by atoms with Gasteiger partial charge in [0, 0.05) is 23.1 Å². The number of aryl methyl sites for hydroxylation is 1. The van der Waals surface area contributed by atoms with Crippen LogP contribution in [0.2, 0.25) is 10.0 Å². The van der Waals surface area contributed by atoms with Gasteiger partial charge in [0.15, 0.2) is 5.76 Å². The summed E-state index contributed by atoms with van der Waals surface area (Å²) in [6, 6.07) is 15.8. The molecule has 180 valence electrons. The number of ether oxygens (including phenoxy) is 2. The van der Waals surface area contributed by atoms with Crippen LogP contribution in [0.4, 0.5) is 0 Å². The van der Waals surface area contributed by atoms with Crippen molar-refractivity contribution in [2.45, 2.75) is 39.7 Å². The highest BCUT2D eigenvalue weighted by Crippen LogP contribution is 2.44. The molecule has 2 heterocycles. The van der Waals surface area contributed by atoms with Gasteiger partial charge in [-0.05, 0) is 65.8 Å². The van der Waals surface area contributed by atoms with Crippen LogP contribution in [0.25, 0.3) is 6.08 Å². The molecule has 35 heavy (non-hydrogen) atoms. The number of ketones is 1. The molecule has 2 aliphatic heterocycles. The summed E-state index contributed by atoms with van der Waals surface area (Å²) in [7, 11) is 0. The van der Waals surface area contributed by atoms with Gasteiger partial charge >= 0.3 is 0 Å². The van der Waals surface area contributed by atoms with E-state index in [0.29, 0.717) is 46.3 Å². The van der Waals surface area contributed by atoms with Crippen molar-refractivity contribution in [3.63, 3.8) is 0 Å². The molecule has 0 bridgehead atoms. The lowest BCUT2D eigenvalue weighted by Gasteiger charge is -2.30. The number of hydrogen-bond donors (Lipinski definition) is 0. The van der Waals surface area contributed by atoms with E-state index in [2.05, 4.69) is 30.9 Å². The average Bonchev–Trinajstić information content (AvgIpc) is 3.16. The smallest absolute Gasteiger partial charge is 0.232 e. The summed E-state index contributed by atoms with van der Waals surface area (Å²) in [4.78, 5) is 15.5. The van der Waals surface area contributed by atoms with Crippen molar-refractivity contribution in [1.82, 2.24) is 4.90 Å². The van der Waals surface area contributed by atoms with Gasteiger partial charge in [0.1, 0.15) is 18.2 Å². The zero-order valence-corrected chi connectivity index (χ0v) is 21.5. The standard InChI is InChI=1S/C29H27Cl2NO3/c1-17(2)20-6-4-19(5-7-20)13-26-28(33)27-18(3)12-25-23(29(27)35-26)15-32(16-34-25)11-10-21-8-9-22(30)14-24(21)31/h4-9,12-14,17H,10-11,15-16H2,1-3H3/b26-13+. The maximum Gasteiger partial charge on any atom is 0.232 e. The Balaban J connectivity index is 1.37. The van der Waals surface area contributed by atoms with Crippen LogP contribution in [-0.2, 0) is 13.0 Å². The van der Waals surface area contributed by atoms with Crippen LogP contribution in [0.3, 0.4) is 0 Å². The number of allylic oxidation sites excluding steroid dienone is 1. The first-order chi connectivity index (χ1) is 16.8. The second-order valence-electron chi connectivity index (χ2n) is 9.45. The van der Waals surface area contributed by atoms with Crippen LogP contribution in [-0.4, -0.2) is 24.0 Å². The average molecular weight is 508 g/mol. The highest BCUT2D eigenvalue weighted by Gasteiger charge is 2.35. The Morgan fingerprint density at radius 1 is 1.09 bits per heavy atom. The van der Waals surface area contributed by atoms with E-state index in [1.54, 1.807) is 6.07 Å². The lowest BCUT2D eigenvalue weighted by molar-refractivity contribution is 0.0949. The summed E-state index contributed by atoms with van der Waals surface area (Å²) in [6.07, 6.45) is 2.59. The third-order valence-corrected chi connectivity index (χ3v) is 7.19. The van der Waals surface area contributed by atoms with Crippen LogP contribution in [0, 0.1) is 6.92 Å². The van der Waals surface area contributed by atoms with E-state index in [1.807, 2.05) is 43.3 Å². The lowest BCUT2D eigenvalue weighted by atomic mass is 9.98. The third-order valence-electron chi connectivity index (χ3n) is 6.60. The second-order valence-corrected chi connectivity index (χ2v) is 10.3. The number of halogens is 2. The van der Waals surface area contributed by atoms with Gasteiger partial charge in [0.2, 0.25) is 5.78 Å². The summed E-state index contributed by atoms with van der Waals surface area (Å²) in [5.41, 5.74) is 5.64. The van der Waals surface area contributed by atoms with Gasteiger partial charge in [0.25, 0.3) is 0 Å². The molecule has 0 aromatic heterocycles. The molecule has 3 aromatic carbocycles. The van der Waals surface area contributed by atoms with Crippen LogP contribution < -0.4 is 9.47 Å². The van der Waals surface area contributed by atoms with Crippen LogP contribution in [0.1, 0.15) is 57.9 Å². The molecule has 0 spiro atoms. The number of rotatable bonds is 5. The molecule has 0 unspecified atom stereocenters. The normalized spacial score (nSPS) is 16.3. The molecule has 0 saturated heterocycles. The molecular weight excluding hydrogens is 481 g/mol. The van der Waals surface area contributed by atoms with E-state index in [0.717, 1.165) is 41.0 Å². The summed E-state index contributed by atoms with van der Waals surface area (Å²) < 4.78 is 12.3. The van der Waals surface area contributed by atoms with Crippen molar-refractivity contribution < 1.29 is 14.3 Å². The molecule has 0 amide bonds. The Labute approximate surface area is 216 Å². The van der Waals surface area contributed by atoms with Crippen molar-refractivity contribution in [2.75, 3.05) is 13.3 Å². The van der Waals surface area contributed by atoms with Crippen LogP contribution in [0.5, 0.6) is 11.5 Å². The van der Waals surface area contributed by atoms with E-state index in [9.17, 15) is 4.79 Å². The Kier molecular flexibility index (Phi) is 6.63. The SMILES string of the molecule is Cc1cc2c(c3c1C(=O)/C(=C\c1ccc(C(C)C)cc1)O3)CN(CCc1ccc(Cl)cc1Cl)CO2. The van der Waals surface area contributed by atoms with E-state index in [-0.39, 0.29) is 5.78 Å². The molecule has 6 heteroatoms. The minimum atomic E-state index is -0.0849. The van der Waals surface area contributed by atoms with E-state index in [1.165, 1.54) is 5.56 Å². The van der Waals surface area contributed by atoms with Gasteiger partial charge in [-0.25, -0.2) is 0 Å². The quantitative estimate of drug-likeness (QED) is 0.336. The summed E-state index contributed by atoms with van der Waals surface area (Å²) in [5, 5.41) is 1.29. The largest absolute Gasteiger partial charge is 0.478 e. The minimum Gasteiger partial charge on any atom is -0.478 e. The van der Waals surface area contributed by atoms with Gasteiger partial charge in [-0.15, -0.1) is 0 Å². The fraction of sp³-hybridized carbons (Fsp3) is 0.276. The van der Waals surface area contributed by atoms with Crippen molar-refractivity contribution in [3.8, 4) is 11.5 Å². The summed E-state index contributed by atoms with van der Waals surface area (Å²) in [6.45, 7) is 8.10. The maximum atomic E-state index is 13.3. The predicted molar refractivity (Wildman–Crippen MR) is 141 cm³/mol. The second kappa shape index (κ2) is 9.69. The number of fused-ring (bicyclic) bond motifs is 3. The highest BCUT2D eigenvalue weighted by molar-refractivity contribution is 6.35. The third kappa shape index (κ3) is 4.84.